The van der Waals surface area contributed by atoms with Crippen LogP contribution in [0.1, 0.15) is 43.7 Å². The highest BCUT2D eigenvalue weighted by atomic mass is 32.2. The first kappa shape index (κ1) is 21.8. The molecule has 176 valence electrons. The van der Waals surface area contributed by atoms with Gasteiger partial charge < -0.3 is 9.47 Å². The lowest BCUT2D eigenvalue weighted by Crippen LogP contribution is -2.29. The fourth-order valence-electron chi connectivity index (χ4n) is 3.63. The van der Waals surface area contributed by atoms with Crippen molar-refractivity contribution in [2.75, 3.05) is 18.4 Å². The van der Waals surface area contributed by atoms with Crippen LogP contribution in [0.25, 0.3) is 5.78 Å². The van der Waals surface area contributed by atoms with Crippen LogP contribution in [-0.4, -0.2) is 48.6 Å². The second-order valence-corrected chi connectivity index (χ2v) is 10.3. The van der Waals surface area contributed by atoms with Crippen molar-refractivity contribution in [3.63, 3.8) is 0 Å². The Morgan fingerprint density at radius 2 is 2.09 bits per heavy atom. The molecule has 2 aliphatic rings. The lowest BCUT2D eigenvalue weighted by atomic mass is 10.0. The van der Waals surface area contributed by atoms with Gasteiger partial charge in [0.15, 0.2) is 17.4 Å². The van der Waals surface area contributed by atoms with Crippen LogP contribution in [0.3, 0.4) is 0 Å². The molecule has 1 atom stereocenters. The average Bonchev–Trinajstić information content (AvgIpc) is 3.51. The van der Waals surface area contributed by atoms with Gasteiger partial charge in [-0.15, -0.1) is 0 Å². The lowest BCUT2D eigenvalue weighted by molar-refractivity contribution is 0.0799. The van der Waals surface area contributed by atoms with Gasteiger partial charge in [-0.25, -0.2) is 27.3 Å². The number of hydrogen-bond acceptors (Lipinski definition) is 6. The van der Waals surface area contributed by atoms with Crippen LogP contribution in [0.5, 0.6) is 11.6 Å². The van der Waals surface area contributed by atoms with Gasteiger partial charge in [0.25, 0.3) is 12.3 Å². The van der Waals surface area contributed by atoms with E-state index in [1.54, 1.807) is 10.6 Å². The maximum absolute atomic E-state index is 14.9. The SMILES string of the molecule is COc1nc(NS(=O)(=C2CCC2)c2cnc3nc(C4CC4)ccn23)c(F)cc1OCC(F)F. The summed E-state index contributed by atoms with van der Waals surface area (Å²) < 4.78 is 68.6. The number of ether oxygens (including phenoxy) is 2. The summed E-state index contributed by atoms with van der Waals surface area (Å²) in [6, 6.07) is 2.78. The standard InChI is InChI=1S/C21H22F3N5O3S/c1-31-20-16(32-11-17(23)24)9-14(22)19(27-20)28-33(30,13-3-2-4-13)18-10-25-21-26-15(12-5-6-12)7-8-29(18)21/h7-10,12,17H,2-6,11H2,1H3,(H,27,28,30). The molecule has 0 aromatic carbocycles. The minimum Gasteiger partial charge on any atom is -0.482 e. The molecule has 0 aliphatic heterocycles. The number of anilines is 1. The third-order valence-corrected chi connectivity index (χ3v) is 8.27. The average molecular weight is 482 g/mol. The number of halogens is 3. The van der Waals surface area contributed by atoms with E-state index in [0.717, 1.165) is 31.0 Å². The van der Waals surface area contributed by atoms with E-state index in [0.29, 0.717) is 34.4 Å². The van der Waals surface area contributed by atoms with Crippen LogP contribution in [0, 0.1) is 5.82 Å². The van der Waals surface area contributed by atoms with Gasteiger partial charge in [0.2, 0.25) is 5.78 Å². The second kappa shape index (κ2) is 8.40. The Balaban J connectivity index is 1.55. The topological polar surface area (TPSA) is 90.6 Å². The van der Waals surface area contributed by atoms with Crippen LogP contribution in [0.15, 0.2) is 29.6 Å². The molecule has 2 aliphatic carbocycles. The number of methoxy groups -OCH3 is 1. The Kier molecular flexibility index (Phi) is 5.55. The first-order chi connectivity index (χ1) is 15.9. The van der Waals surface area contributed by atoms with E-state index in [1.165, 1.54) is 13.3 Å². The zero-order valence-electron chi connectivity index (χ0n) is 17.8. The molecule has 3 heterocycles. The van der Waals surface area contributed by atoms with Gasteiger partial charge in [0.05, 0.1) is 23.0 Å². The van der Waals surface area contributed by atoms with Crippen molar-refractivity contribution in [1.29, 1.82) is 0 Å². The molecule has 33 heavy (non-hydrogen) atoms. The van der Waals surface area contributed by atoms with Crippen LogP contribution in [0.2, 0.25) is 0 Å². The molecule has 2 saturated carbocycles. The normalized spacial score (nSPS) is 17.7. The molecule has 12 heteroatoms. The monoisotopic (exact) mass is 481 g/mol. The number of aromatic nitrogens is 4. The summed E-state index contributed by atoms with van der Waals surface area (Å²) in [4.78, 5) is 13.6. The van der Waals surface area contributed by atoms with Crippen LogP contribution in [0.4, 0.5) is 19.0 Å². The third kappa shape index (κ3) is 4.07. The largest absolute Gasteiger partial charge is 0.482 e. The molecule has 1 N–H and O–H groups in total. The maximum atomic E-state index is 14.9. The van der Waals surface area contributed by atoms with E-state index in [4.69, 9.17) is 9.47 Å². The fraction of sp³-hybridized carbons (Fsp3) is 0.429. The number of rotatable bonds is 8. The number of nitrogens with zero attached hydrogens (tertiary/aromatic N) is 4. The maximum Gasteiger partial charge on any atom is 0.272 e. The zero-order chi connectivity index (χ0) is 23.2. The second-order valence-electron chi connectivity index (χ2n) is 7.97. The summed E-state index contributed by atoms with van der Waals surface area (Å²) in [5.41, 5.74) is 0.951. The van der Waals surface area contributed by atoms with E-state index in [2.05, 4.69) is 19.7 Å². The summed E-state index contributed by atoms with van der Waals surface area (Å²) in [5, 5.41) is 0.347. The van der Waals surface area contributed by atoms with E-state index in [1.807, 2.05) is 6.07 Å². The molecule has 0 spiro atoms. The summed E-state index contributed by atoms with van der Waals surface area (Å²) in [7, 11) is -1.89. The van der Waals surface area contributed by atoms with Crippen molar-refractivity contribution in [3.8, 4) is 11.6 Å². The Hall–Kier alpha value is -3.02. The van der Waals surface area contributed by atoms with Gasteiger partial charge in [-0.05, 0) is 38.2 Å². The van der Waals surface area contributed by atoms with Gasteiger partial charge in [0, 0.05) is 28.7 Å². The molecule has 3 aromatic heterocycles. The van der Waals surface area contributed by atoms with Gasteiger partial charge in [-0.2, -0.15) is 4.98 Å². The molecule has 3 aromatic rings. The van der Waals surface area contributed by atoms with Crippen molar-refractivity contribution in [2.24, 2.45) is 0 Å². The first-order valence-corrected chi connectivity index (χ1v) is 12.1. The van der Waals surface area contributed by atoms with Crippen LogP contribution >= 0.6 is 0 Å². The molecule has 0 radical (unpaired) electrons. The van der Waals surface area contributed by atoms with Crippen molar-refractivity contribution >= 4 is 26.2 Å². The molecule has 0 bridgehead atoms. The van der Waals surface area contributed by atoms with Crippen molar-refractivity contribution < 1.29 is 26.9 Å². The number of alkyl halides is 2. The Morgan fingerprint density at radius 3 is 2.73 bits per heavy atom. The van der Waals surface area contributed by atoms with E-state index < -0.39 is 28.6 Å². The van der Waals surface area contributed by atoms with Crippen molar-refractivity contribution in [2.45, 2.75) is 49.5 Å². The number of hydrogen-bond donors (Lipinski definition) is 1. The lowest BCUT2D eigenvalue weighted by Gasteiger charge is -2.25. The molecular formula is C21H22F3N5O3S. The molecular weight excluding hydrogens is 459 g/mol. The fourth-order valence-corrected chi connectivity index (χ4v) is 6.07. The van der Waals surface area contributed by atoms with Crippen LogP contribution in [-0.2, 0) is 9.71 Å². The Labute approximate surface area is 188 Å². The zero-order valence-corrected chi connectivity index (χ0v) is 18.6. The van der Waals surface area contributed by atoms with Crippen LogP contribution < -0.4 is 14.2 Å². The van der Waals surface area contributed by atoms with E-state index in [9.17, 15) is 17.4 Å². The molecule has 8 nitrogen and oxygen atoms in total. The highest BCUT2D eigenvalue weighted by molar-refractivity contribution is 8.03. The molecule has 1 unspecified atom stereocenters. The highest BCUT2D eigenvalue weighted by Crippen LogP contribution is 2.39. The number of imidazole rings is 1. The van der Waals surface area contributed by atoms with Gasteiger partial charge in [0.1, 0.15) is 11.6 Å². The summed E-state index contributed by atoms with van der Waals surface area (Å²) in [6.07, 6.45) is 4.80. The van der Waals surface area contributed by atoms with Crippen molar-refractivity contribution in [1.82, 2.24) is 19.4 Å². The molecule has 0 amide bonds. The summed E-state index contributed by atoms with van der Waals surface area (Å²) in [6.45, 7) is -0.934. The van der Waals surface area contributed by atoms with Crippen molar-refractivity contribution in [3.05, 3.63) is 36.0 Å². The summed E-state index contributed by atoms with van der Waals surface area (Å²) in [5.74, 6) is -0.848. The van der Waals surface area contributed by atoms with E-state index in [-0.39, 0.29) is 17.4 Å². The summed E-state index contributed by atoms with van der Waals surface area (Å²) >= 11 is 0. The number of pyridine rings is 1. The third-order valence-electron chi connectivity index (χ3n) is 5.68. The Morgan fingerprint density at radius 1 is 1.30 bits per heavy atom. The van der Waals surface area contributed by atoms with Gasteiger partial charge >= 0.3 is 0 Å². The predicted molar refractivity (Wildman–Crippen MR) is 116 cm³/mol. The highest BCUT2D eigenvalue weighted by Gasteiger charge is 2.30. The number of fused-ring (bicyclic) bond motifs is 1. The minimum atomic E-state index is -3.14. The molecule has 2 fully saturated rings. The number of nitrogens with one attached hydrogen (secondary N) is 1. The minimum absolute atomic E-state index is 0.200. The predicted octanol–water partition coefficient (Wildman–Crippen LogP) is 3.82. The van der Waals surface area contributed by atoms with Gasteiger partial charge in [-0.1, -0.05) is 0 Å². The first-order valence-electron chi connectivity index (χ1n) is 10.5. The van der Waals surface area contributed by atoms with E-state index >= 15 is 0 Å². The molecule has 5 rings (SSSR count). The smallest absolute Gasteiger partial charge is 0.272 e. The Bertz CT molecular complexity index is 1330. The van der Waals surface area contributed by atoms with Gasteiger partial charge in [-0.3, -0.25) is 9.12 Å². The molecule has 0 saturated heterocycles. The quantitative estimate of drug-likeness (QED) is 0.492.